The van der Waals surface area contributed by atoms with E-state index in [-0.39, 0.29) is 18.0 Å². The molecule has 1 aromatic carbocycles. The van der Waals surface area contributed by atoms with Gasteiger partial charge >= 0.3 is 6.03 Å². The maximum absolute atomic E-state index is 12.9. The number of amides is 3. The standard InChI is InChI=1S/C17H18ClN3O3/c18-11-5-3-10(4-6-11)15-14-13(19-17(23)20-15)9-21(16(14)22)8-12-2-1-7-24-12/h3-6,12,15H,1-2,7-9H2,(H2,19,20,23)/t12-,15-/m1/s1. The van der Waals surface area contributed by atoms with Crippen molar-refractivity contribution in [3.8, 4) is 0 Å². The molecule has 1 saturated heterocycles. The first-order valence-corrected chi connectivity index (χ1v) is 8.46. The number of nitrogens with zero attached hydrogens (tertiary/aromatic N) is 1. The topological polar surface area (TPSA) is 70.7 Å². The Kier molecular flexibility index (Phi) is 3.94. The smallest absolute Gasteiger partial charge is 0.319 e. The number of benzene rings is 1. The molecule has 0 aromatic heterocycles. The number of hydrogen-bond donors (Lipinski definition) is 2. The summed E-state index contributed by atoms with van der Waals surface area (Å²) < 4.78 is 5.63. The number of carbonyl (C=O) groups excluding carboxylic acids is 2. The molecule has 1 aromatic rings. The predicted octanol–water partition coefficient (Wildman–Crippen LogP) is 1.97. The fourth-order valence-corrected chi connectivity index (χ4v) is 3.64. The summed E-state index contributed by atoms with van der Waals surface area (Å²) >= 11 is 5.94. The molecule has 2 N–H and O–H groups in total. The van der Waals surface area contributed by atoms with E-state index >= 15 is 0 Å². The van der Waals surface area contributed by atoms with Gasteiger partial charge in [-0.25, -0.2) is 4.79 Å². The van der Waals surface area contributed by atoms with E-state index in [4.69, 9.17) is 16.3 Å². The van der Waals surface area contributed by atoms with Crippen LogP contribution in [0, 0.1) is 0 Å². The summed E-state index contributed by atoms with van der Waals surface area (Å²) in [6.45, 7) is 1.74. The van der Waals surface area contributed by atoms with E-state index < -0.39 is 6.04 Å². The van der Waals surface area contributed by atoms with E-state index in [0.29, 0.717) is 29.4 Å². The first-order chi connectivity index (χ1) is 11.6. The summed E-state index contributed by atoms with van der Waals surface area (Å²) in [5.41, 5.74) is 2.13. The molecule has 0 saturated carbocycles. The SMILES string of the molecule is O=C1NC2=C(C(=O)N(C[C@H]3CCCO3)C2)[C@@H](c2ccc(Cl)cc2)N1. The van der Waals surface area contributed by atoms with Gasteiger partial charge in [-0.2, -0.15) is 0 Å². The molecular formula is C17H18ClN3O3. The lowest BCUT2D eigenvalue weighted by atomic mass is 9.96. The minimum absolute atomic E-state index is 0.0482. The van der Waals surface area contributed by atoms with Gasteiger partial charge in [-0.15, -0.1) is 0 Å². The van der Waals surface area contributed by atoms with Crippen LogP contribution in [0.1, 0.15) is 24.4 Å². The van der Waals surface area contributed by atoms with Gasteiger partial charge < -0.3 is 20.3 Å². The van der Waals surface area contributed by atoms with Gasteiger partial charge in [0.15, 0.2) is 0 Å². The monoisotopic (exact) mass is 347 g/mol. The van der Waals surface area contributed by atoms with Gasteiger partial charge in [-0.1, -0.05) is 23.7 Å². The van der Waals surface area contributed by atoms with Crippen LogP contribution in [0.25, 0.3) is 0 Å². The van der Waals surface area contributed by atoms with Crippen LogP contribution in [0.4, 0.5) is 4.79 Å². The second kappa shape index (κ2) is 6.11. The highest BCUT2D eigenvalue weighted by Crippen LogP contribution is 2.33. The maximum Gasteiger partial charge on any atom is 0.319 e. The molecule has 1 fully saturated rings. The zero-order valence-electron chi connectivity index (χ0n) is 13.0. The van der Waals surface area contributed by atoms with Gasteiger partial charge in [-0.3, -0.25) is 4.79 Å². The van der Waals surface area contributed by atoms with E-state index in [2.05, 4.69) is 10.6 Å². The zero-order valence-corrected chi connectivity index (χ0v) is 13.8. The summed E-state index contributed by atoms with van der Waals surface area (Å²) in [5, 5.41) is 6.23. The fraction of sp³-hybridized carbons (Fsp3) is 0.412. The van der Waals surface area contributed by atoms with E-state index in [9.17, 15) is 9.59 Å². The van der Waals surface area contributed by atoms with Crippen LogP contribution in [0.5, 0.6) is 0 Å². The quantitative estimate of drug-likeness (QED) is 0.878. The number of urea groups is 1. The van der Waals surface area contributed by atoms with Crippen LogP contribution in [-0.4, -0.2) is 42.6 Å². The summed E-state index contributed by atoms with van der Waals surface area (Å²) in [6.07, 6.45) is 2.10. The van der Waals surface area contributed by atoms with Gasteiger partial charge in [0.05, 0.1) is 30.0 Å². The molecule has 126 valence electrons. The lowest BCUT2D eigenvalue weighted by Gasteiger charge is -2.25. The van der Waals surface area contributed by atoms with Crippen molar-refractivity contribution in [3.63, 3.8) is 0 Å². The number of rotatable bonds is 3. The molecule has 7 heteroatoms. The van der Waals surface area contributed by atoms with E-state index in [0.717, 1.165) is 25.0 Å². The third kappa shape index (κ3) is 2.76. The number of halogens is 1. The Morgan fingerprint density at radius 2 is 2.04 bits per heavy atom. The third-order valence-electron chi connectivity index (χ3n) is 4.67. The molecule has 2 atom stereocenters. The number of ether oxygens (including phenoxy) is 1. The Bertz CT molecular complexity index is 710. The predicted molar refractivity (Wildman–Crippen MR) is 88.4 cm³/mol. The maximum atomic E-state index is 12.9. The molecule has 3 aliphatic rings. The van der Waals surface area contributed by atoms with Crippen LogP contribution < -0.4 is 10.6 Å². The minimum Gasteiger partial charge on any atom is -0.376 e. The normalized spacial score (nSPS) is 26.5. The first kappa shape index (κ1) is 15.5. The van der Waals surface area contributed by atoms with Crippen LogP contribution in [-0.2, 0) is 9.53 Å². The lowest BCUT2D eigenvalue weighted by Crippen LogP contribution is -2.44. The molecule has 3 heterocycles. The Labute approximate surface area is 144 Å². The van der Waals surface area contributed by atoms with E-state index in [1.807, 2.05) is 12.1 Å². The van der Waals surface area contributed by atoms with Gasteiger partial charge in [0, 0.05) is 18.2 Å². The number of nitrogens with one attached hydrogen (secondary N) is 2. The highest BCUT2D eigenvalue weighted by atomic mass is 35.5. The minimum atomic E-state index is -0.451. The molecule has 4 rings (SSSR count). The van der Waals surface area contributed by atoms with Crippen molar-refractivity contribution in [2.24, 2.45) is 0 Å². The molecule has 3 amide bonds. The summed E-state index contributed by atoms with van der Waals surface area (Å²) in [5.74, 6) is -0.0482. The second-order valence-electron chi connectivity index (χ2n) is 6.30. The van der Waals surface area contributed by atoms with Crippen LogP contribution in [0.15, 0.2) is 35.5 Å². The molecule has 0 bridgehead atoms. The van der Waals surface area contributed by atoms with Crippen molar-refractivity contribution >= 4 is 23.5 Å². The highest BCUT2D eigenvalue weighted by molar-refractivity contribution is 6.30. The average Bonchev–Trinajstić information content (AvgIpc) is 3.17. The van der Waals surface area contributed by atoms with Crippen molar-refractivity contribution in [1.82, 2.24) is 15.5 Å². The van der Waals surface area contributed by atoms with E-state index in [1.54, 1.807) is 17.0 Å². The molecule has 0 radical (unpaired) electrons. The van der Waals surface area contributed by atoms with Crippen molar-refractivity contribution in [1.29, 1.82) is 0 Å². The lowest BCUT2D eigenvalue weighted by molar-refractivity contribution is -0.127. The zero-order chi connectivity index (χ0) is 16.7. The summed E-state index contributed by atoms with van der Waals surface area (Å²) in [4.78, 5) is 26.6. The number of hydrogen-bond acceptors (Lipinski definition) is 3. The molecule has 24 heavy (non-hydrogen) atoms. The molecule has 0 aliphatic carbocycles. The van der Waals surface area contributed by atoms with Gasteiger partial charge in [0.25, 0.3) is 5.91 Å². The van der Waals surface area contributed by atoms with Crippen molar-refractivity contribution in [2.75, 3.05) is 19.7 Å². The Morgan fingerprint density at radius 1 is 1.25 bits per heavy atom. The molecular weight excluding hydrogens is 330 g/mol. The van der Waals surface area contributed by atoms with Gasteiger partial charge in [0.2, 0.25) is 0 Å². The van der Waals surface area contributed by atoms with Crippen molar-refractivity contribution in [3.05, 3.63) is 46.1 Å². The first-order valence-electron chi connectivity index (χ1n) is 8.09. The van der Waals surface area contributed by atoms with E-state index in [1.165, 1.54) is 0 Å². The largest absolute Gasteiger partial charge is 0.376 e. The Balaban J connectivity index is 1.60. The second-order valence-corrected chi connectivity index (χ2v) is 6.73. The average molecular weight is 348 g/mol. The Morgan fingerprint density at radius 3 is 2.75 bits per heavy atom. The number of carbonyl (C=O) groups is 2. The van der Waals surface area contributed by atoms with Crippen LogP contribution in [0.3, 0.4) is 0 Å². The molecule has 6 nitrogen and oxygen atoms in total. The van der Waals surface area contributed by atoms with Gasteiger partial charge in [-0.05, 0) is 30.5 Å². The molecule has 0 unspecified atom stereocenters. The fourth-order valence-electron chi connectivity index (χ4n) is 3.52. The highest BCUT2D eigenvalue weighted by Gasteiger charge is 2.41. The molecule has 3 aliphatic heterocycles. The third-order valence-corrected chi connectivity index (χ3v) is 4.92. The van der Waals surface area contributed by atoms with Crippen LogP contribution in [0.2, 0.25) is 5.02 Å². The Hall–Kier alpha value is -2.05. The van der Waals surface area contributed by atoms with Gasteiger partial charge in [0.1, 0.15) is 0 Å². The summed E-state index contributed by atoms with van der Waals surface area (Å²) in [6, 6.07) is 6.44. The van der Waals surface area contributed by atoms with Crippen LogP contribution >= 0.6 is 11.6 Å². The van der Waals surface area contributed by atoms with Crippen molar-refractivity contribution < 1.29 is 14.3 Å². The summed E-state index contributed by atoms with van der Waals surface area (Å²) in [7, 11) is 0. The molecule has 0 spiro atoms. The van der Waals surface area contributed by atoms with Crippen molar-refractivity contribution in [2.45, 2.75) is 25.0 Å².